The fourth-order valence-electron chi connectivity index (χ4n) is 3.58. The molecule has 0 saturated carbocycles. The summed E-state index contributed by atoms with van der Waals surface area (Å²) >= 11 is 0. The number of unbranched alkanes of at least 4 members (excludes halogenated alkanes) is 5. The number of benzene rings is 1. The molecular weight excluding hydrogens is 412 g/mol. The first-order valence-electron chi connectivity index (χ1n) is 9.80. The molecule has 0 bridgehead atoms. The second-order valence-electron chi connectivity index (χ2n) is 7.69. The van der Waals surface area contributed by atoms with E-state index in [2.05, 4.69) is 38.2 Å². The number of nitrogens with zero attached hydrogens (tertiary/aromatic N) is 2. The first-order valence-corrected chi connectivity index (χ1v) is 11.4. The van der Waals surface area contributed by atoms with Crippen molar-refractivity contribution in [3.8, 4) is 0 Å². The van der Waals surface area contributed by atoms with E-state index in [0.29, 0.717) is 18.8 Å². The summed E-state index contributed by atoms with van der Waals surface area (Å²) in [5.74, 6) is 0.321. The summed E-state index contributed by atoms with van der Waals surface area (Å²) in [6.45, 7) is 6.27. The average molecular weight is 447 g/mol. The second kappa shape index (κ2) is 11.4. The molecule has 1 heterocycles. The smallest absolute Gasteiger partial charge is 0.214 e. The van der Waals surface area contributed by atoms with Gasteiger partial charge in [-0.2, -0.15) is 4.31 Å². The molecule has 0 radical (unpaired) electrons. The number of likely N-dealkylation sites (N-methyl/N-ethyl adjacent to an activating group) is 1. The van der Waals surface area contributed by atoms with Crippen molar-refractivity contribution in [3.63, 3.8) is 0 Å². The van der Waals surface area contributed by atoms with E-state index in [1.165, 1.54) is 24.8 Å². The van der Waals surface area contributed by atoms with Crippen LogP contribution in [-0.2, 0) is 16.6 Å². The molecule has 2 rings (SSSR count). The summed E-state index contributed by atoms with van der Waals surface area (Å²) in [7, 11) is -0.835. The Bertz CT molecular complexity index is 599. The van der Waals surface area contributed by atoms with Crippen LogP contribution in [0.4, 0.5) is 0 Å². The minimum Gasteiger partial charge on any atom is -1.00 e. The third-order valence-electron chi connectivity index (χ3n) is 5.33. The SMILES string of the molecule is CCCCCCCCS(=O)(=O)N1CC[N+](C)(Cc2ccccc2)CC1.[Br-]. The van der Waals surface area contributed by atoms with Gasteiger partial charge in [0, 0.05) is 5.56 Å². The number of piperazine rings is 1. The van der Waals surface area contributed by atoms with Gasteiger partial charge in [-0.15, -0.1) is 0 Å². The van der Waals surface area contributed by atoms with Crippen LogP contribution in [0, 0.1) is 0 Å². The third kappa shape index (κ3) is 7.67. The van der Waals surface area contributed by atoms with E-state index in [-0.39, 0.29) is 17.0 Å². The molecule has 1 aliphatic rings. The van der Waals surface area contributed by atoms with Crippen LogP contribution in [0.1, 0.15) is 51.0 Å². The van der Waals surface area contributed by atoms with Crippen molar-refractivity contribution in [2.24, 2.45) is 0 Å². The van der Waals surface area contributed by atoms with Gasteiger partial charge in [0.25, 0.3) is 0 Å². The van der Waals surface area contributed by atoms with Gasteiger partial charge in [0.1, 0.15) is 6.54 Å². The van der Waals surface area contributed by atoms with Crippen LogP contribution in [0.25, 0.3) is 0 Å². The van der Waals surface area contributed by atoms with Crippen molar-refractivity contribution in [2.45, 2.75) is 52.0 Å². The number of sulfonamides is 1. The first kappa shape index (κ1) is 23.6. The van der Waals surface area contributed by atoms with Gasteiger partial charge in [-0.05, 0) is 6.42 Å². The highest BCUT2D eigenvalue weighted by Crippen LogP contribution is 2.18. The van der Waals surface area contributed by atoms with Crippen LogP contribution in [0.5, 0.6) is 0 Å². The zero-order chi connectivity index (χ0) is 18.2. The lowest BCUT2D eigenvalue weighted by atomic mass is 10.1. The highest BCUT2D eigenvalue weighted by atomic mass is 79.9. The highest BCUT2D eigenvalue weighted by Gasteiger charge is 2.33. The Balaban J connectivity index is 0.00000338. The molecular formula is C20H35BrN2O2S. The van der Waals surface area contributed by atoms with Crippen molar-refractivity contribution in [1.29, 1.82) is 0 Å². The van der Waals surface area contributed by atoms with Crippen LogP contribution < -0.4 is 17.0 Å². The van der Waals surface area contributed by atoms with E-state index in [9.17, 15) is 8.42 Å². The van der Waals surface area contributed by atoms with E-state index in [0.717, 1.165) is 43.4 Å². The molecule has 0 atom stereocenters. The summed E-state index contributed by atoms with van der Waals surface area (Å²) in [5, 5.41) is 0. The molecule has 0 amide bonds. The van der Waals surface area contributed by atoms with Gasteiger partial charge in [0.2, 0.25) is 10.0 Å². The van der Waals surface area contributed by atoms with Gasteiger partial charge in [-0.1, -0.05) is 69.4 Å². The highest BCUT2D eigenvalue weighted by molar-refractivity contribution is 7.89. The van der Waals surface area contributed by atoms with E-state index in [4.69, 9.17) is 0 Å². The van der Waals surface area contributed by atoms with Gasteiger partial charge in [-0.25, -0.2) is 8.42 Å². The second-order valence-corrected chi connectivity index (χ2v) is 9.78. The molecule has 0 N–H and O–H groups in total. The largest absolute Gasteiger partial charge is 1.00 e. The number of hydrogen-bond donors (Lipinski definition) is 0. The lowest BCUT2D eigenvalue weighted by Gasteiger charge is -2.41. The van der Waals surface area contributed by atoms with Crippen LogP contribution in [0.3, 0.4) is 0 Å². The Morgan fingerprint density at radius 3 is 2.15 bits per heavy atom. The summed E-state index contributed by atoms with van der Waals surface area (Å²) < 4.78 is 27.8. The van der Waals surface area contributed by atoms with Crippen molar-refractivity contribution < 1.29 is 29.9 Å². The Labute approximate surface area is 171 Å². The molecule has 1 aromatic carbocycles. The van der Waals surface area contributed by atoms with Gasteiger partial charge < -0.3 is 21.5 Å². The molecule has 1 aliphatic heterocycles. The molecule has 4 nitrogen and oxygen atoms in total. The Morgan fingerprint density at radius 2 is 1.54 bits per heavy atom. The summed E-state index contributed by atoms with van der Waals surface area (Å²) in [6.07, 6.45) is 6.72. The van der Waals surface area contributed by atoms with Gasteiger partial charge in [0.05, 0.1) is 39.0 Å². The maximum absolute atomic E-state index is 12.6. The maximum Gasteiger partial charge on any atom is 0.214 e. The number of quaternary nitrogens is 1. The van der Waals surface area contributed by atoms with Crippen molar-refractivity contribution in [1.82, 2.24) is 4.31 Å². The molecule has 0 unspecified atom stereocenters. The predicted octanol–water partition coefficient (Wildman–Crippen LogP) is 0.643. The molecule has 0 spiro atoms. The van der Waals surface area contributed by atoms with E-state index < -0.39 is 10.0 Å². The van der Waals surface area contributed by atoms with Gasteiger partial charge >= 0.3 is 0 Å². The first-order chi connectivity index (χ1) is 12.0. The molecule has 0 aliphatic carbocycles. The fraction of sp³-hybridized carbons (Fsp3) is 0.700. The summed E-state index contributed by atoms with van der Waals surface area (Å²) in [4.78, 5) is 0. The zero-order valence-electron chi connectivity index (χ0n) is 16.4. The zero-order valence-corrected chi connectivity index (χ0v) is 18.8. The molecule has 1 aromatic rings. The number of rotatable bonds is 10. The Morgan fingerprint density at radius 1 is 0.962 bits per heavy atom. The Hall–Kier alpha value is -0.430. The number of hydrogen-bond acceptors (Lipinski definition) is 2. The van der Waals surface area contributed by atoms with Gasteiger partial charge in [0.15, 0.2) is 0 Å². The van der Waals surface area contributed by atoms with Crippen LogP contribution in [0.15, 0.2) is 30.3 Å². The lowest BCUT2D eigenvalue weighted by molar-refractivity contribution is -0.925. The van der Waals surface area contributed by atoms with E-state index in [1.54, 1.807) is 4.31 Å². The molecule has 150 valence electrons. The predicted molar refractivity (Wildman–Crippen MR) is 105 cm³/mol. The molecule has 6 heteroatoms. The third-order valence-corrected chi connectivity index (χ3v) is 7.29. The quantitative estimate of drug-likeness (QED) is 0.390. The fourth-order valence-corrected chi connectivity index (χ4v) is 5.13. The van der Waals surface area contributed by atoms with Crippen molar-refractivity contribution in [2.75, 3.05) is 39.0 Å². The minimum absolute atomic E-state index is 0. The monoisotopic (exact) mass is 446 g/mol. The molecule has 26 heavy (non-hydrogen) atoms. The summed E-state index contributed by atoms with van der Waals surface area (Å²) in [6, 6.07) is 10.5. The molecule has 0 aromatic heterocycles. The lowest BCUT2D eigenvalue weighted by Crippen LogP contribution is -3.00. The molecule has 1 fully saturated rings. The standard InChI is InChI=1S/C20H35N2O2S.BrH/c1-3-4-5-6-7-11-18-25(23,24)21-14-16-22(2,17-15-21)19-20-12-9-8-10-13-20;/h8-10,12-13H,3-7,11,14-19H2,1-2H3;1H/q+1;/p-1. The van der Waals surface area contributed by atoms with Crippen LogP contribution >= 0.6 is 0 Å². The van der Waals surface area contributed by atoms with Crippen LogP contribution in [0.2, 0.25) is 0 Å². The summed E-state index contributed by atoms with van der Waals surface area (Å²) in [5.41, 5.74) is 1.33. The normalized spacial score (nSPS) is 17.6. The average Bonchev–Trinajstić information content (AvgIpc) is 2.59. The maximum atomic E-state index is 12.6. The molecule has 1 saturated heterocycles. The van der Waals surface area contributed by atoms with Gasteiger partial charge in [-0.3, -0.25) is 0 Å². The van der Waals surface area contributed by atoms with Crippen molar-refractivity contribution in [3.05, 3.63) is 35.9 Å². The minimum atomic E-state index is -3.08. The van der Waals surface area contributed by atoms with Crippen molar-refractivity contribution >= 4 is 10.0 Å². The Kier molecular flexibility index (Phi) is 10.4. The van der Waals surface area contributed by atoms with E-state index >= 15 is 0 Å². The van der Waals surface area contributed by atoms with E-state index in [1.807, 2.05) is 6.07 Å². The number of halogens is 1. The topological polar surface area (TPSA) is 37.4 Å². The van der Waals surface area contributed by atoms with Crippen LogP contribution in [-0.4, -0.2) is 56.2 Å².